The van der Waals surface area contributed by atoms with Gasteiger partial charge in [-0.05, 0) is 62.7 Å². The fourth-order valence-electron chi connectivity index (χ4n) is 2.41. The van der Waals surface area contributed by atoms with E-state index >= 15 is 0 Å². The second kappa shape index (κ2) is 6.88. The number of rotatable bonds is 6. The Morgan fingerprint density at radius 2 is 2.05 bits per heavy atom. The van der Waals surface area contributed by atoms with Gasteiger partial charge in [0.15, 0.2) is 0 Å². The number of aryl methyl sites for hydroxylation is 3. The monoisotopic (exact) mass is 273 g/mol. The van der Waals surface area contributed by atoms with Crippen LogP contribution in [0, 0.1) is 13.8 Å². The zero-order chi connectivity index (χ0) is 13.7. The quantitative estimate of drug-likeness (QED) is 0.834. The maximum absolute atomic E-state index is 3.46. The van der Waals surface area contributed by atoms with Gasteiger partial charge in [0.1, 0.15) is 0 Å². The minimum Gasteiger partial charge on any atom is -0.317 e. The Bertz CT molecular complexity index is 502. The van der Waals surface area contributed by atoms with Crippen molar-refractivity contribution in [3.05, 3.63) is 57.3 Å². The molecule has 1 atom stereocenters. The molecule has 19 heavy (non-hydrogen) atoms. The van der Waals surface area contributed by atoms with E-state index in [-0.39, 0.29) is 0 Å². The molecule has 0 amide bonds. The van der Waals surface area contributed by atoms with E-state index in [1.54, 1.807) is 0 Å². The second-order valence-electron chi connectivity index (χ2n) is 5.24. The van der Waals surface area contributed by atoms with Crippen LogP contribution in [0.1, 0.15) is 28.0 Å². The minimum absolute atomic E-state index is 0.558. The highest BCUT2D eigenvalue weighted by Crippen LogP contribution is 2.17. The third-order valence-corrected chi connectivity index (χ3v) is 4.63. The van der Waals surface area contributed by atoms with E-state index in [0.29, 0.717) is 6.04 Å². The van der Waals surface area contributed by atoms with Crippen molar-refractivity contribution in [1.29, 1.82) is 0 Å². The van der Waals surface area contributed by atoms with Crippen molar-refractivity contribution in [2.45, 2.75) is 39.2 Å². The third kappa shape index (κ3) is 4.19. The Morgan fingerprint density at radius 3 is 2.74 bits per heavy atom. The Morgan fingerprint density at radius 1 is 1.21 bits per heavy atom. The summed E-state index contributed by atoms with van der Waals surface area (Å²) in [5.74, 6) is 0. The zero-order valence-corrected chi connectivity index (χ0v) is 12.9. The number of likely N-dealkylation sites (N-methyl/N-ethyl adjacent to an activating group) is 1. The van der Waals surface area contributed by atoms with Crippen LogP contribution in [-0.4, -0.2) is 13.1 Å². The molecule has 102 valence electrons. The lowest BCUT2D eigenvalue weighted by Gasteiger charge is -2.17. The summed E-state index contributed by atoms with van der Waals surface area (Å²) in [6.07, 6.45) is 3.49. The van der Waals surface area contributed by atoms with Crippen molar-refractivity contribution in [1.82, 2.24) is 5.32 Å². The summed E-state index contributed by atoms with van der Waals surface area (Å²) in [5, 5.41) is 5.63. The van der Waals surface area contributed by atoms with Crippen LogP contribution in [0.3, 0.4) is 0 Å². The molecule has 2 aromatic rings. The van der Waals surface area contributed by atoms with E-state index in [1.807, 2.05) is 11.3 Å². The summed E-state index contributed by atoms with van der Waals surface area (Å²) in [6, 6.07) is 11.7. The van der Waals surface area contributed by atoms with Crippen molar-refractivity contribution in [3.63, 3.8) is 0 Å². The Kier molecular flexibility index (Phi) is 5.17. The van der Waals surface area contributed by atoms with Crippen molar-refractivity contribution >= 4 is 11.3 Å². The molecule has 1 nitrogen and oxygen atoms in total. The zero-order valence-electron chi connectivity index (χ0n) is 12.1. The number of nitrogens with one attached hydrogen (secondary N) is 1. The molecule has 0 aliphatic carbocycles. The predicted octanol–water partition coefficient (Wildman–Crippen LogP) is 4.13. The topological polar surface area (TPSA) is 12.0 Å². The first kappa shape index (κ1) is 14.3. The Balaban J connectivity index is 1.96. The average Bonchev–Trinajstić information content (AvgIpc) is 2.91. The van der Waals surface area contributed by atoms with Crippen LogP contribution in [-0.2, 0) is 12.8 Å². The van der Waals surface area contributed by atoms with Crippen molar-refractivity contribution in [2.24, 2.45) is 0 Å². The second-order valence-corrected chi connectivity index (χ2v) is 6.27. The highest BCUT2D eigenvalue weighted by molar-refractivity contribution is 7.09. The fourth-order valence-corrected chi connectivity index (χ4v) is 3.13. The highest BCUT2D eigenvalue weighted by atomic mass is 32.1. The third-order valence-electron chi connectivity index (χ3n) is 3.70. The van der Waals surface area contributed by atoms with Crippen LogP contribution in [0.25, 0.3) is 0 Å². The van der Waals surface area contributed by atoms with Crippen LogP contribution in [0.4, 0.5) is 0 Å². The summed E-state index contributed by atoms with van der Waals surface area (Å²) in [7, 11) is 2.07. The van der Waals surface area contributed by atoms with Gasteiger partial charge in [0.25, 0.3) is 0 Å². The van der Waals surface area contributed by atoms with Crippen LogP contribution < -0.4 is 5.32 Å². The van der Waals surface area contributed by atoms with Gasteiger partial charge in [-0.3, -0.25) is 0 Å². The molecular weight excluding hydrogens is 250 g/mol. The number of hydrogen-bond acceptors (Lipinski definition) is 2. The van der Waals surface area contributed by atoms with Gasteiger partial charge in [0.2, 0.25) is 0 Å². The van der Waals surface area contributed by atoms with Gasteiger partial charge in [-0.15, -0.1) is 11.3 Å². The lowest BCUT2D eigenvalue weighted by Crippen LogP contribution is -2.28. The average molecular weight is 273 g/mol. The fraction of sp³-hybridized carbons (Fsp3) is 0.412. The SMILES string of the molecule is CNC(CCc1cccs1)Cc1cc(C)ccc1C. The molecule has 2 rings (SSSR count). The maximum Gasteiger partial charge on any atom is 0.0108 e. The van der Waals surface area contributed by atoms with Crippen LogP contribution in [0.15, 0.2) is 35.7 Å². The molecule has 0 saturated carbocycles. The van der Waals surface area contributed by atoms with Crippen LogP contribution in [0.5, 0.6) is 0 Å². The summed E-state index contributed by atoms with van der Waals surface area (Å²) in [6.45, 7) is 4.38. The van der Waals surface area contributed by atoms with E-state index in [4.69, 9.17) is 0 Å². The molecule has 1 heterocycles. The molecule has 1 aromatic heterocycles. The summed E-state index contributed by atoms with van der Waals surface area (Å²) in [4.78, 5) is 1.49. The van der Waals surface area contributed by atoms with Gasteiger partial charge >= 0.3 is 0 Å². The van der Waals surface area contributed by atoms with Gasteiger partial charge in [-0.2, -0.15) is 0 Å². The van der Waals surface area contributed by atoms with Crippen LogP contribution >= 0.6 is 11.3 Å². The molecule has 1 unspecified atom stereocenters. The molecule has 1 N–H and O–H groups in total. The molecule has 0 fully saturated rings. The van der Waals surface area contributed by atoms with Crippen molar-refractivity contribution < 1.29 is 0 Å². The summed E-state index contributed by atoms with van der Waals surface area (Å²) >= 11 is 1.86. The largest absolute Gasteiger partial charge is 0.317 e. The molecule has 0 bridgehead atoms. The van der Waals surface area contributed by atoms with E-state index < -0.39 is 0 Å². The Labute approximate surface area is 120 Å². The molecule has 0 spiro atoms. The first-order chi connectivity index (χ1) is 9.19. The number of thiophene rings is 1. The molecule has 1 aromatic carbocycles. The molecule has 2 heteroatoms. The lowest BCUT2D eigenvalue weighted by molar-refractivity contribution is 0.521. The molecular formula is C17H23NS. The minimum atomic E-state index is 0.558. The van der Waals surface area contributed by atoms with Crippen molar-refractivity contribution in [2.75, 3.05) is 7.05 Å². The Hall–Kier alpha value is -1.12. The van der Waals surface area contributed by atoms with Crippen LogP contribution in [0.2, 0.25) is 0 Å². The maximum atomic E-state index is 3.46. The normalized spacial score (nSPS) is 12.6. The first-order valence-corrected chi connectivity index (χ1v) is 7.83. The standard InChI is InChI=1S/C17H23NS/c1-13-6-7-14(2)15(11-13)12-16(18-3)8-9-17-5-4-10-19-17/h4-7,10-11,16,18H,8-9,12H2,1-3H3. The number of hydrogen-bond donors (Lipinski definition) is 1. The van der Waals surface area contributed by atoms with Gasteiger partial charge in [-0.25, -0.2) is 0 Å². The van der Waals surface area contributed by atoms with E-state index in [9.17, 15) is 0 Å². The molecule has 0 radical (unpaired) electrons. The van der Waals surface area contributed by atoms with Gasteiger partial charge in [0.05, 0.1) is 0 Å². The van der Waals surface area contributed by atoms with Gasteiger partial charge in [-0.1, -0.05) is 29.8 Å². The van der Waals surface area contributed by atoms with Gasteiger partial charge < -0.3 is 5.32 Å². The van der Waals surface area contributed by atoms with E-state index in [2.05, 4.69) is 61.9 Å². The first-order valence-electron chi connectivity index (χ1n) is 6.95. The number of benzene rings is 1. The molecule has 0 saturated heterocycles. The molecule has 0 aliphatic rings. The van der Waals surface area contributed by atoms with E-state index in [0.717, 1.165) is 6.42 Å². The van der Waals surface area contributed by atoms with E-state index in [1.165, 1.54) is 34.4 Å². The predicted molar refractivity (Wildman–Crippen MR) is 85.1 cm³/mol. The summed E-state index contributed by atoms with van der Waals surface area (Å²) in [5.41, 5.74) is 4.24. The lowest BCUT2D eigenvalue weighted by atomic mass is 9.96. The van der Waals surface area contributed by atoms with Crippen molar-refractivity contribution in [3.8, 4) is 0 Å². The van der Waals surface area contributed by atoms with Gasteiger partial charge in [0, 0.05) is 10.9 Å². The molecule has 0 aliphatic heterocycles. The summed E-state index contributed by atoms with van der Waals surface area (Å²) < 4.78 is 0. The smallest absolute Gasteiger partial charge is 0.0108 e. The highest BCUT2D eigenvalue weighted by Gasteiger charge is 2.10.